The first-order valence-electron chi connectivity index (χ1n) is 12.7. The number of aliphatic hydroxyl groups excluding tert-OH is 1. The lowest BCUT2D eigenvalue weighted by atomic mass is 9.80. The summed E-state index contributed by atoms with van der Waals surface area (Å²) in [6, 6.07) is 16.2. The lowest BCUT2D eigenvalue weighted by molar-refractivity contribution is 0.151. The summed E-state index contributed by atoms with van der Waals surface area (Å²) >= 11 is 0. The number of carbonyl (C=O) groups excluding carboxylic acids is 1. The van der Waals surface area contributed by atoms with E-state index < -0.39 is 0 Å². The molecule has 1 heterocycles. The first-order chi connectivity index (χ1) is 17.0. The number of nitrogens with one attached hydrogen (secondary N) is 1. The van der Waals surface area contributed by atoms with E-state index >= 15 is 0 Å². The van der Waals surface area contributed by atoms with Crippen molar-refractivity contribution < 1.29 is 14.3 Å². The van der Waals surface area contributed by atoms with Gasteiger partial charge in [-0.1, -0.05) is 18.2 Å². The fourth-order valence-electron chi connectivity index (χ4n) is 6.24. The molecule has 0 aromatic heterocycles. The summed E-state index contributed by atoms with van der Waals surface area (Å²) in [5.74, 6) is 0.135. The number of halogens is 1. The molecular formula is C28H33FN4O2. The topological polar surface area (TPSA) is 79.6 Å². The first kappa shape index (κ1) is 23.8. The number of urea groups is 1. The van der Waals surface area contributed by atoms with Crippen molar-refractivity contribution in [1.29, 1.82) is 5.26 Å². The van der Waals surface area contributed by atoms with E-state index in [1.165, 1.54) is 17.7 Å². The quantitative estimate of drug-likeness (QED) is 0.617. The van der Waals surface area contributed by atoms with E-state index in [9.17, 15) is 19.6 Å². The second-order valence-corrected chi connectivity index (χ2v) is 10.4. The molecule has 2 aliphatic carbocycles. The molecule has 2 aromatic rings. The van der Waals surface area contributed by atoms with E-state index in [4.69, 9.17) is 0 Å². The van der Waals surface area contributed by atoms with Gasteiger partial charge in [-0.15, -0.1) is 0 Å². The first-order valence-corrected chi connectivity index (χ1v) is 12.7. The zero-order valence-electron chi connectivity index (χ0n) is 20.0. The third-order valence-corrected chi connectivity index (χ3v) is 8.18. The van der Waals surface area contributed by atoms with Crippen LogP contribution in [-0.4, -0.2) is 59.3 Å². The SMILES string of the molecule is N#Cc1cccc([C@]23CC[C@@H](N(CCCN4CC[C@@H](O)C4)C(=O)Nc4cccc(F)c4)CC2C3)c1. The Labute approximate surface area is 206 Å². The summed E-state index contributed by atoms with van der Waals surface area (Å²) in [7, 11) is 0. The highest BCUT2D eigenvalue weighted by Gasteiger charge is 2.58. The van der Waals surface area contributed by atoms with Gasteiger partial charge in [-0.3, -0.25) is 0 Å². The molecule has 1 saturated heterocycles. The molecule has 0 radical (unpaired) electrons. The van der Waals surface area contributed by atoms with Crippen molar-refractivity contribution in [2.75, 3.05) is 31.5 Å². The van der Waals surface area contributed by atoms with Crippen LogP contribution in [0.5, 0.6) is 0 Å². The Morgan fingerprint density at radius 2 is 2.11 bits per heavy atom. The van der Waals surface area contributed by atoms with Crippen LogP contribution in [0.1, 0.15) is 49.7 Å². The number of benzene rings is 2. The molecule has 2 N–H and O–H groups in total. The van der Waals surface area contributed by atoms with Gasteiger partial charge in [0.25, 0.3) is 0 Å². The van der Waals surface area contributed by atoms with Gasteiger partial charge in [0.15, 0.2) is 0 Å². The van der Waals surface area contributed by atoms with E-state index in [-0.39, 0.29) is 29.4 Å². The maximum atomic E-state index is 13.7. The molecule has 3 fully saturated rings. The van der Waals surface area contributed by atoms with E-state index in [2.05, 4.69) is 22.4 Å². The summed E-state index contributed by atoms with van der Waals surface area (Å²) in [5, 5.41) is 22.0. The summed E-state index contributed by atoms with van der Waals surface area (Å²) in [6.45, 7) is 3.07. The average Bonchev–Trinajstić information content (AvgIpc) is 3.46. The van der Waals surface area contributed by atoms with E-state index in [1.807, 2.05) is 23.1 Å². The highest BCUT2D eigenvalue weighted by atomic mass is 19.1. The number of carbonyl (C=O) groups is 1. The molecule has 0 spiro atoms. The molecule has 35 heavy (non-hydrogen) atoms. The van der Waals surface area contributed by atoms with Crippen molar-refractivity contribution >= 4 is 11.7 Å². The lowest BCUT2D eigenvalue weighted by Gasteiger charge is -2.37. The minimum Gasteiger partial charge on any atom is -0.392 e. The minimum absolute atomic E-state index is 0.132. The van der Waals surface area contributed by atoms with Crippen LogP contribution >= 0.6 is 0 Å². The standard InChI is InChI=1S/C28H33FN4O2/c29-23-6-2-7-24(16-23)31-27(35)33(12-3-11-32-13-9-26(34)19-32)25-8-10-28(17-22(28)15-25)21-5-1-4-20(14-21)18-30/h1-2,4-7,14,16,22,25-26,34H,3,8-13,15,17,19H2,(H,31,35)/t22?,25-,26-,28-/m1/s1. The van der Waals surface area contributed by atoms with Crippen molar-refractivity contribution in [3.63, 3.8) is 0 Å². The molecule has 2 saturated carbocycles. The van der Waals surface area contributed by atoms with Gasteiger partial charge in [0, 0.05) is 31.4 Å². The van der Waals surface area contributed by atoms with Crippen LogP contribution in [0.25, 0.3) is 0 Å². The Bertz CT molecular complexity index is 1120. The van der Waals surface area contributed by atoms with Gasteiger partial charge in [-0.25, -0.2) is 9.18 Å². The maximum absolute atomic E-state index is 13.7. The normalized spacial score (nSPS) is 27.6. The average molecular weight is 477 g/mol. The van der Waals surface area contributed by atoms with Crippen molar-refractivity contribution in [1.82, 2.24) is 9.80 Å². The van der Waals surface area contributed by atoms with Crippen LogP contribution < -0.4 is 5.32 Å². The predicted molar refractivity (Wildman–Crippen MR) is 132 cm³/mol. The van der Waals surface area contributed by atoms with Gasteiger partial charge >= 0.3 is 6.03 Å². The highest BCUT2D eigenvalue weighted by Crippen LogP contribution is 2.62. The molecule has 2 amide bonds. The Morgan fingerprint density at radius 1 is 1.26 bits per heavy atom. The van der Waals surface area contributed by atoms with Crippen LogP contribution in [0, 0.1) is 23.1 Å². The molecular weight excluding hydrogens is 443 g/mol. The molecule has 184 valence electrons. The molecule has 1 unspecified atom stereocenters. The molecule has 0 bridgehead atoms. The number of nitriles is 1. The number of aliphatic hydroxyl groups is 1. The van der Waals surface area contributed by atoms with E-state index in [0.29, 0.717) is 30.3 Å². The van der Waals surface area contributed by atoms with E-state index in [1.54, 1.807) is 12.1 Å². The summed E-state index contributed by atoms with van der Waals surface area (Å²) in [4.78, 5) is 17.6. The lowest BCUT2D eigenvalue weighted by Crippen LogP contribution is -2.46. The Balaban J connectivity index is 1.26. The predicted octanol–water partition coefficient (Wildman–Crippen LogP) is 4.50. The van der Waals surface area contributed by atoms with Crippen molar-refractivity contribution in [3.8, 4) is 6.07 Å². The smallest absolute Gasteiger partial charge is 0.322 e. The third kappa shape index (κ3) is 5.19. The fourth-order valence-corrected chi connectivity index (χ4v) is 6.24. The number of fused-ring (bicyclic) bond motifs is 1. The third-order valence-electron chi connectivity index (χ3n) is 8.18. The zero-order valence-corrected chi connectivity index (χ0v) is 20.0. The number of amides is 2. The Kier molecular flexibility index (Phi) is 6.77. The van der Waals surface area contributed by atoms with Crippen molar-refractivity contribution in [2.45, 2.75) is 56.1 Å². The second-order valence-electron chi connectivity index (χ2n) is 10.4. The van der Waals surface area contributed by atoms with Gasteiger partial charge < -0.3 is 20.2 Å². The van der Waals surface area contributed by atoms with Crippen molar-refractivity contribution in [2.24, 2.45) is 5.92 Å². The molecule has 6 nitrogen and oxygen atoms in total. The molecule has 7 heteroatoms. The van der Waals surface area contributed by atoms with Crippen LogP contribution in [0.2, 0.25) is 0 Å². The van der Waals surface area contributed by atoms with E-state index in [0.717, 1.165) is 51.6 Å². The zero-order chi connectivity index (χ0) is 24.4. The maximum Gasteiger partial charge on any atom is 0.322 e. The molecule has 1 aliphatic heterocycles. The van der Waals surface area contributed by atoms with Gasteiger partial charge in [0.05, 0.1) is 17.7 Å². The highest BCUT2D eigenvalue weighted by molar-refractivity contribution is 5.89. The Hall–Kier alpha value is -2.95. The fraction of sp³-hybridized carbons (Fsp3) is 0.500. The Morgan fingerprint density at radius 3 is 2.86 bits per heavy atom. The van der Waals surface area contributed by atoms with Gasteiger partial charge in [0.2, 0.25) is 0 Å². The van der Waals surface area contributed by atoms with Gasteiger partial charge in [-0.05, 0) is 92.3 Å². The monoisotopic (exact) mass is 476 g/mol. The minimum atomic E-state index is -0.373. The summed E-state index contributed by atoms with van der Waals surface area (Å²) in [6.07, 6.45) is 5.34. The van der Waals surface area contributed by atoms with Crippen molar-refractivity contribution in [3.05, 3.63) is 65.5 Å². The summed E-state index contributed by atoms with van der Waals surface area (Å²) < 4.78 is 13.7. The van der Waals surface area contributed by atoms with Gasteiger partial charge in [0.1, 0.15) is 5.82 Å². The number of hydrogen-bond acceptors (Lipinski definition) is 4. The molecule has 3 aliphatic rings. The number of nitrogens with zero attached hydrogens (tertiary/aromatic N) is 3. The number of hydrogen-bond donors (Lipinski definition) is 2. The second kappa shape index (κ2) is 9.96. The van der Waals surface area contributed by atoms with Crippen LogP contribution in [-0.2, 0) is 5.41 Å². The van der Waals surface area contributed by atoms with Gasteiger partial charge in [-0.2, -0.15) is 5.26 Å². The summed E-state index contributed by atoms with van der Waals surface area (Å²) in [5.41, 5.74) is 2.56. The number of likely N-dealkylation sites (tertiary alicyclic amines) is 1. The number of anilines is 1. The largest absolute Gasteiger partial charge is 0.392 e. The number of rotatable bonds is 7. The van der Waals surface area contributed by atoms with Crippen LogP contribution in [0.15, 0.2) is 48.5 Å². The molecule has 5 rings (SSSR count). The van der Waals surface area contributed by atoms with Crippen LogP contribution in [0.3, 0.4) is 0 Å². The molecule has 4 atom stereocenters. The number of β-amino-alcohol motifs (C(OH)–C–C–N with tert-alkyl or cyclic N) is 1. The molecule has 2 aromatic carbocycles. The van der Waals surface area contributed by atoms with Crippen LogP contribution in [0.4, 0.5) is 14.9 Å².